The fraction of sp³-hybridized carbons (Fsp3) is 0.364. The first-order valence-electron chi connectivity index (χ1n) is 9.13. The standard InChI is InChI=1S/C22H29N3O2/c1-7-9-15(3)19(8-2)21-11-10-20(17(5)26)22(23-21)25-16(4)14-18(24-25)12-13-27-6/h7-11,14,17,26H,2,12-13H2,1,3-6H3/b9-7-,19-15-/t17-/m0/s1. The molecule has 0 unspecified atom stereocenters. The fourth-order valence-electron chi connectivity index (χ4n) is 2.99. The average molecular weight is 367 g/mol. The molecule has 0 radical (unpaired) electrons. The smallest absolute Gasteiger partial charge is 0.160 e. The van der Waals surface area contributed by atoms with Gasteiger partial charge in [0, 0.05) is 30.4 Å². The minimum absolute atomic E-state index is 0.610. The van der Waals surface area contributed by atoms with E-state index in [1.54, 1.807) is 18.7 Å². The molecule has 27 heavy (non-hydrogen) atoms. The first-order chi connectivity index (χ1) is 12.9. The van der Waals surface area contributed by atoms with Gasteiger partial charge in [-0.3, -0.25) is 0 Å². The molecule has 0 aliphatic carbocycles. The summed E-state index contributed by atoms with van der Waals surface area (Å²) in [4.78, 5) is 4.84. The maximum Gasteiger partial charge on any atom is 0.160 e. The van der Waals surface area contributed by atoms with Gasteiger partial charge in [0.05, 0.1) is 24.1 Å². The van der Waals surface area contributed by atoms with Crippen molar-refractivity contribution in [3.8, 4) is 5.82 Å². The number of aryl methyl sites for hydroxylation is 1. The predicted molar refractivity (Wildman–Crippen MR) is 110 cm³/mol. The van der Waals surface area contributed by atoms with E-state index in [2.05, 4.69) is 11.7 Å². The molecule has 2 heterocycles. The lowest BCUT2D eigenvalue weighted by Gasteiger charge is -2.15. The molecule has 1 N–H and O–H groups in total. The van der Waals surface area contributed by atoms with Crippen molar-refractivity contribution in [3.05, 3.63) is 71.2 Å². The van der Waals surface area contributed by atoms with Crippen LogP contribution < -0.4 is 0 Å². The van der Waals surface area contributed by atoms with Gasteiger partial charge in [0.15, 0.2) is 5.82 Å². The Morgan fingerprint density at radius 2 is 2.15 bits per heavy atom. The Bertz CT molecular complexity index is 860. The highest BCUT2D eigenvalue weighted by Crippen LogP contribution is 2.26. The number of allylic oxidation sites excluding steroid dienone is 5. The van der Waals surface area contributed by atoms with Gasteiger partial charge < -0.3 is 9.84 Å². The van der Waals surface area contributed by atoms with Crippen LogP contribution in [0.1, 0.15) is 49.5 Å². The average Bonchev–Trinajstić information content (AvgIpc) is 3.01. The Hall–Kier alpha value is -2.50. The molecule has 2 aromatic rings. The van der Waals surface area contributed by atoms with E-state index < -0.39 is 6.10 Å². The number of rotatable bonds is 8. The topological polar surface area (TPSA) is 60.2 Å². The zero-order valence-electron chi connectivity index (χ0n) is 16.9. The third-order valence-electron chi connectivity index (χ3n) is 4.38. The van der Waals surface area contributed by atoms with Crippen LogP contribution in [0, 0.1) is 6.92 Å². The largest absolute Gasteiger partial charge is 0.389 e. The molecule has 0 aliphatic heterocycles. The first kappa shape index (κ1) is 20.8. The van der Waals surface area contributed by atoms with Crippen molar-refractivity contribution in [2.75, 3.05) is 13.7 Å². The highest BCUT2D eigenvalue weighted by atomic mass is 16.5. The first-order valence-corrected chi connectivity index (χ1v) is 9.13. The van der Waals surface area contributed by atoms with Crippen molar-refractivity contribution < 1.29 is 9.84 Å². The summed E-state index contributed by atoms with van der Waals surface area (Å²) in [5.41, 5.74) is 5.46. The number of methoxy groups -OCH3 is 1. The maximum atomic E-state index is 10.2. The Morgan fingerprint density at radius 3 is 2.74 bits per heavy atom. The molecular weight excluding hydrogens is 338 g/mol. The number of nitrogens with zero attached hydrogens (tertiary/aromatic N) is 3. The molecule has 144 valence electrons. The third-order valence-corrected chi connectivity index (χ3v) is 4.38. The number of aliphatic hydroxyl groups is 1. The van der Waals surface area contributed by atoms with Crippen molar-refractivity contribution in [3.63, 3.8) is 0 Å². The van der Waals surface area contributed by atoms with Crippen LogP contribution in [0.25, 0.3) is 11.4 Å². The van der Waals surface area contributed by atoms with Crippen LogP contribution in [0.5, 0.6) is 0 Å². The third kappa shape index (κ3) is 4.81. The second-order valence-electron chi connectivity index (χ2n) is 6.52. The molecule has 2 rings (SSSR count). The molecular formula is C22H29N3O2. The summed E-state index contributed by atoms with van der Waals surface area (Å²) in [5.74, 6) is 0.635. The van der Waals surface area contributed by atoms with Crippen LogP contribution in [0.3, 0.4) is 0 Å². The normalized spacial score (nSPS) is 13.7. The Balaban J connectivity index is 2.62. The number of ether oxygens (including phenoxy) is 1. The van der Waals surface area contributed by atoms with Gasteiger partial charge in [-0.1, -0.05) is 30.9 Å². The molecule has 0 saturated carbocycles. The van der Waals surface area contributed by atoms with Crippen molar-refractivity contribution in [1.82, 2.24) is 14.8 Å². The van der Waals surface area contributed by atoms with Crippen LogP contribution >= 0.6 is 0 Å². The van der Waals surface area contributed by atoms with E-state index in [4.69, 9.17) is 9.72 Å². The minimum Gasteiger partial charge on any atom is -0.389 e. The fourth-order valence-corrected chi connectivity index (χ4v) is 2.99. The van der Waals surface area contributed by atoms with E-state index in [1.165, 1.54) is 0 Å². The highest BCUT2D eigenvalue weighted by molar-refractivity contribution is 5.76. The van der Waals surface area contributed by atoms with E-state index in [0.717, 1.165) is 40.2 Å². The monoisotopic (exact) mass is 367 g/mol. The molecule has 0 bridgehead atoms. The van der Waals surface area contributed by atoms with E-state index in [9.17, 15) is 5.11 Å². The Kier molecular flexibility index (Phi) is 7.28. The van der Waals surface area contributed by atoms with Gasteiger partial charge in [0.25, 0.3) is 0 Å². The summed E-state index contributed by atoms with van der Waals surface area (Å²) < 4.78 is 6.94. The molecule has 0 aliphatic rings. The zero-order chi connectivity index (χ0) is 20.0. The maximum absolute atomic E-state index is 10.2. The predicted octanol–water partition coefficient (Wildman–Crippen LogP) is 4.35. The van der Waals surface area contributed by atoms with Crippen molar-refractivity contribution in [2.45, 2.75) is 40.2 Å². The summed E-state index contributed by atoms with van der Waals surface area (Å²) >= 11 is 0. The number of aromatic nitrogens is 3. The van der Waals surface area contributed by atoms with E-state index >= 15 is 0 Å². The van der Waals surface area contributed by atoms with Gasteiger partial charge in [0.2, 0.25) is 0 Å². The second kappa shape index (κ2) is 9.44. The van der Waals surface area contributed by atoms with Gasteiger partial charge in [-0.25, -0.2) is 9.67 Å². The summed E-state index contributed by atoms with van der Waals surface area (Å²) in [6.45, 7) is 12.3. The van der Waals surface area contributed by atoms with Gasteiger partial charge in [0.1, 0.15) is 0 Å². The lowest BCUT2D eigenvalue weighted by atomic mass is 10.0. The number of hydrogen-bond donors (Lipinski definition) is 1. The van der Waals surface area contributed by atoms with Gasteiger partial charge >= 0.3 is 0 Å². The lowest BCUT2D eigenvalue weighted by molar-refractivity contribution is 0.198. The molecule has 0 fully saturated rings. The molecule has 5 heteroatoms. The lowest BCUT2D eigenvalue weighted by Crippen LogP contribution is -2.10. The Labute approximate surface area is 161 Å². The van der Waals surface area contributed by atoms with Gasteiger partial charge in [-0.15, -0.1) is 0 Å². The van der Waals surface area contributed by atoms with Crippen molar-refractivity contribution in [1.29, 1.82) is 0 Å². The highest BCUT2D eigenvalue weighted by Gasteiger charge is 2.17. The molecule has 0 saturated heterocycles. The summed E-state index contributed by atoms with van der Waals surface area (Å²) in [6, 6.07) is 5.85. The molecule has 2 aromatic heterocycles. The van der Waals surface area contributed by atoms with Crippen LogP contribution in [0.4, 0.5) is 0 Å². The molecule has 0 spiro atoms. The quantitative estimate of drug-likeness (QED) is 0.705. The van der Waals surface area contributed by atoms with E-state index in [1.807, 2.05) is 57.2 Å². The molecule has 5 nitrogen and oxygen atoms in total. The number of pyridine rings is 1. The molecule has 0 amide bonds. The molecule has 1 atom stereocenters. The van der Waals surface area contributed by atoms with Crippen LogP contribution in [-0.4, -0.2) is 33.6 Å². The van der Waals surface area contributed by atoms with Gasteiger partial charge in [-0.2, -0.15) is 5.10 Å². The van der Waals surface area contributed by atoms with Crippen LogP contribution in [0.15, 0.2) is 48.6 Å². The minimum atomic E-state index is -0.652. The number of aliphatic hydroxyl groups excluding tert-OH is 1. The van der Waals surface area contributed by atoms with E-state index in [-0.39, 0.29) is 0 Å². The van der Waals surface area contributed by atoms with Crippen molar-refractivity contribution >= 4 is 5.57 Å². The zero-order valence-corrected chi connectivity index (χ0v) is 16.9. The van der Waals surface area contributed by atoms with Crippen LogP contribution in [-0.2, 0) is 11.2 Å². The van der Waals surface area contributed by atoms with E-state index in [0.29, 0.717) is 12.4 Å². The summed E-state index contributed by atoms with van der Waals surface area (Å²) in [5, 5.41) is 14.9. The summed E-state index contributed by atoms with van der Waals surface area (Å²) in [6.07, 6.45) is 5.91. The SMILES string of the molecule is C=C/C(=C(C)/C=C\C)c1ccc([C@H](C)O)c(-n2nc(CCOC)cc2C)n1. The second-order valence-corrected chi connectivity index (χ2v) is 6.52. The number of hydrogen-bond acceptors (Lipinski definition) is 4. The summed E-state index contributed by atoms with van der Waals surface area (Å²) in [7, 11) is 1.68. The van der Waals surface area contributed by atoms with Crippen molar-refractivity contribution in [2.24, 2.45) is 0 Å². The Morgan fingerprint density at radius 1 is 1.41 bits per heavy atom. The van der Waals surface area contributed by atoms with Crippen LogP contribution in [0.2, 0.25) is 0 Å². The van der Waals surface area contributed by atoms with Gasteiger partial charge in [-0.05, 0) is 45.4 Å². The molecule has 0 aromatic carbocycles.